The molecule has 2 unspecified atom stereocenters. The predicted octanol–water partition coefficient (Wildman–Crippen LogP) is 3.03. The molecule has 1 saturated heterocycles. The normalized spacial score (nSPS) is 23.7. The van der Waals surface area contributed by atoms with E-state index in [1.165, 1.54) is 17.4 Å². The summed E-state index contributed by atoms with van der Waals surface area (Å²) in [5, 5.41) is 3.56. The van der Waals surface area contributed by atoms with E-state index in [0.717, 1.165) is 16.8 Å². The van der Waals surface area contributed by atoms with Crippen LogP contribution in [0, 0.1) is 11.6 Å². The number of halogens is 3. The predicted molar refractivity (Wildman–Crippen MR) is 125 cm³/mol. The van der Waals surface area contributed by atoms with Crippen LogP contribution in [0.1, 0.15) is 40.0 Å². The van der Waals surface area contributed by atoms with Gasteiger partial charge in [0.1, 0.15) is 29.1 Å². The van der Waals surface area contributed by atoms with E-state index >= 15 is 0 Å². The number of rotatable bonds is 6. The minimum atomic E-state index is -3.43. The van der Waals surface area contributed by atoms with Crippen LogP contribution in [0.4, 0.5) is 18.9 Å². The number of aromatic nitrogens is 2. The summed E-state index contributed by atoms with van der Waals surface area (Å²) >= 11 is 0. The fraction of sp³-hybridized carbons (Fsp3) is 0.565. The Balaban J connectivity index is 1.69. The average Bonchev–Trinajstić information content (AvgIpc) is 3.12. The van der Waals surface area contributed by atoms with Gasteiger partial charge in [0.15, 0.2) is 0 Å². The Morgan fingerprint density at radius 3 is 2.29 bits per heavy atom. The molecule has 2 aliphatic rings. The van der Waals surface area contributed by atoms with Crippen molar-refractivity contribution in [1.82, 2.24) is 14.1 Å². The van der Waals surface area contributed by atoms with Gasteiger partial charge in [0.05, 0.1) is 17.1 Å². The molecule has 192 valence electrons. The molecule has 2 fully saturated rings. The maximum Gasteiger partial charge on any atom is 0.316 e. The van der Waals surface area contributed by atoms with Crippen LogP contribution in [0.25, 0.3) is 5.69 Å². The molecule has 1 aliphatic carbocycles. The lowest BCUT2D eigenvalue weighted by Gasteiger charge is -2.36. The lowest BCUT2D eigenvalue weighted by molar-refractivity contribution is 0.151. The molecule has 2 aromatic rings. The van der Waals surface area contributed by atoms with Crippen molar-refractivity contribution in [3.8, 4) is 11.4 Å². The van der Waals surface area contributed by atoms with Gasteiger partial charge in [0.25, 0.3) is 0 Å². The van der Waals surface area contributed by atoms with Crippen LogP contribution < -0.4 is 15.2 Å². The second kappa shape index (κ2) is 9.45. The molecule has 0 N–H and O–H groups in total. The van der Waals surface area contributed by atoms with Crippen molar-refractivity contribution in [2.24, 2.45) is 0 Å². The molecule has 1 saturated carbocycles. The zero-order valence-electron chi connectivity index (χ0n) is 19.9. The largest absolute Gasteiger partial charge is 0.483 e. The smallest absolute Gasteiger partial charge is 0.316 e. The highest BCUT2D eigenvalue weighted by molar-refractivity contribution is 7.89. The topological polar surface area (TPSA) is 84.7 Å². The number of anilines is 1. The Kier molecular flexibility index (Phi) is 6.89. The molecule has 1 aliphatic heterocycles. The van der Waals surface area contributed by atoms with E-state index in [2.05, 4.69) is 5.10 Å². The van der Waals surface area contributed by atoms with Gasteiger partial charge in [-0.15, -0.1) is 0 Å². The van der Waals surface area contributed by atoms with Crippen molar-refractivity contribution >= 4 is 15.7 Å². The first-order valence-electron chi connectivity index (χ1n) is 11.6. The second-order valence-electron chi connectivity index (χ2n) is 9.58. The Bertz CT molecular complexity index is 1240. The van der Waals surface area contributed by atoms with Gasteiger partial charge < -0.3 is 9.64 Å². The van der Waals surface area contributed by atoms with Crippen LogP contribution in [0.15, 0.2) is 29.2 Å². The van der Waals surface area contributed by atoms with E-state index in [1.54, 1.807) is 18.7 Å². The first-order chi connectivity index (χ1) is 16.4. The number of nitrogens with zero attached hydrogens (tertiary/aromatic N) is 4. The van der Waals surface area contributed by atoms with Crippen molar-refractivity contribution < 1.29 is 26.3 Å². The lowest BCUT2D eigenvalue weighted by atomic mass is 10.1. The molecule has 12 heteroatoms. The minimum absolute atomic E-state index is 0.100. The summed E-state index contributed by atoms with van der Waals surface area (Å²) in [6.07, 6.45) is 1.59. The van der Waals surface area contributed by atoms with Crippen LogP contribution in [0.5, 0.6) is 5.75 Å². The van der Waals surface area contributed by atoms with Crippen molar-refractivity contribution in [3.63, 3.8) is 0 Å². The Morgan fingerprint density at radius 2 is 1.74 bits per heavy atom. The van der Waals surface area contributed by atoms with Crippen LogP contribution in [-0.4, -0.2) is 65.7 Å². The van der Waals surface area contributed by atoms with E-state index in [-0.39, 0.29) is 50.5 Å². The van der Waals surface area contributed by atoms with E-state index in [1.807, 2.05) is 0 Å². The fourth-order valence-corrected chi connectivity index (χ4v) is 5.77. The molecule has 1 aromatic heterocycles. The number of hydrogen-bond donors (Lipinski definition) is 0. The summed E-state index contributed by atoms with van der Waals surface area (Å²) in [5.74, 6) is -1.84. The number of ether oxygens (including phenoxy) is 1. The van der Waals surface area contributed by atoms with Crippen LogP contribution in [0.3, 0.4) is 0 Å². The van der Waals surface area contributed by atoms with Gasteiger partial charge in [-0.1, -0.05) is 0 Å². The van der Waals surface area contributed by atoms with Gasteiger partial charge in [0, 0.05) is 38.7 Å². The molecular weight excluding hydrogens is 485 g/mol. The molecule has 0 amide bonds. The Labute approximate surface area is 202 Å². The monoisotopic (exact) mass is 514 g/mol. The molecule has 2 atom stereocenters. The van der Waals surface area contributed by atoms with Gasteiger partial charge in [0.2, 0.25) is 15.8 Å². The summed E-state index contributed by atoms with van der Waals surface area (Å²) in [7, 11) is -3.43. The molecule has 1 aromatic carbocycles. The van der Waals surface area contributed by atoms with E-state index in [0.29, 0.717) is 18.2 Å². The molecular formula is C23H29F3N4O4S. The molecule has 2 heterocycles. The first kappa shape index (κ1) is 25.5. The highest BCUT2D eigenvalue weighted by Crippen LogP contribution is 2.37. The third kappa shape index (κ3) is 5.32. The summed E-state index contributed by atoms with van der Waals surface area (Å²) in [5.41, 5.74) is -1.94. The molecule has 0 spiro atoms. The number of alkyl halides is 1. The number of benzene rings is 1. The van der Waals surface area contributed by atoms with Crippen molar-refractivity contribution in [2.75, 3.05) is 31.1 Å². The third-order valence-electron chi connectivity index (χ3n) is 6.47. The molecule has 35 heavy (non-hydrogen) atoms. The van der Waals surface area contributed by atoms with Crippen LogP contribution in [0.2, 0.25) is 0 Å². The maximum absolute atomic E-state index is 14.4. The standard InChI is InChI=1S/C23H29F3N4O4S/c1-15(2)35(32,33)29-8-6-28(7-9-29)20-14-27-30(18-11-16(24)10-17(25)12-18)22(31)21(20)34-19-4-5-23(3,26)13-19/h10-12,14-15,19H,4-9,13H2,1-3H3. The zero-order chi connectivity index (χ0) is 25.5. The number of hydrogen-bond acceptors (Lipinski definition) is 6. The highest BCUT2D eigenvalue weighted by atomic mass is 32.2. The molecule has 0 radical (unpaired) electrons. The van der Waals surface area contributed by atoms with Crippen molar-refractivity contribution in [3.05, 3.63) is 46.4 Å². The second-order valence-corrected chi connectivity index (χ2v) is 12.1. The summed E-state index contributed by atoms with van der Waals surface area (Å²) in [6, 6.07) is 2.64. The SMILES string of the molecule is CC(C)S(=O)(=O)N1CCN(c2cnn(-c3cc(F)cc(F)c3)c(=O)c2OC2CCC(C)(F)C2)CC1. The lowest BCUT2D eigenvalue weighted by Crippen LogP contribution is -2.50. The van der Waals surface area contributed by atoms with Crippen molar-refractivity contribution in [2.45, 2.75) is 57.1 Å². The summed E-state index contributed by atoms with van der Waals surface area (Å²) < 4.78 is 75.3. The van der Waals surface area contributed by atoms with Gasteiger partial charge in [-0.3, -0.25) is 4.79 Å². The maximum atomic E-state index is 14.4. The van der Waals surface area contributed by atoms with Gasteiger partial charge in [-0.05, 0) is 45.7 Å². The van der Waals surface area contributed by atoms with Crippen LogP contribution >= 0.6 is 0 Å². The van der Waals surface area contributed by atoms with E-state index in [4.69, 9.17) is 4.74 Å². The molecule has 0 bridgehead atoms. The Hall–Kier alpha value is -2.60. The Morgan fingerprint density at radius 1 is 1.11 bits per heavy atom. The quantitative estimate of drug-likeness (QED) is 0.589. The van der Waals surface area contributed by atoms with Crippen molar-refractivity contribution in [1.29, 1.82) is 0 Å². The first-order valence-corrected chi connectivity index (χ1v) is 13.1. The fourth-order valence-electron chi connectivity index (χ4n) is 4.50. The highest BCUT2D eigenvalue weighted by Gasteiger charge is 2.38. The number of sulfonamides is 1. The van der Waals surface area contributed by atoms with Gasteiger partial charge >= 0.3 is 5.56 Å². The van der Waals surface area contributed by atoms with Gasteiger partial charge in [-0.25, -0.2) is 21.6 Å². The summed E-state index contributed by atoms with van der Waals surface area (Å²) in [6.45, 7) is 5.71. The summed E-state index contributed by atoms with van der Waals surface area (Å²) in [4.78, 5) is 15.2. The van der Waals surface area contributed by atoms with Gasteiger partial charge in [-0.2, -0.15) is 14.1 Å². The van der Waals surface area contributed by atoms with Crippen LogP contribution in [-0.2, 0) is 10.0 Å². The number of piperazine rings is 1. The van der Waals surface area contributed by atoms with E-state index < -0.39 is 44.2 Å². The van der Waals surface area contributed by atoms with E-state index in [9.17, 15) is 26.4 Å². The average molecular weight is 515 g/mol. The molecule has 8 nitrogen and oxygen atoms in total. The molecule has 4 rings (SSSR count). The minimum Gasteiger partial charge on any atom is -0.483 e. The third-order valence-corrected chi connectivity index (χ3v) is 8.74. The zero-order valence-corrected chi connectivity index (χ0v) is 20.7.